The fourth-order valence-corrected chi connectivity index (χ4v) is 3.67. The topological polar surface area (TPSA) is 37.4 Å². The highest BCUT2D eigenvalue weighted by molar-refractivity contribution is 7.89. The van der Waals surface area contributed by atoms with E-state index in [9.17, 15) is 8.42 Å². The first-order valence-corrected chi connectivity index (χ1v) is 8.24. The summed E-state index contributed by atoms with van der Waals surface area (Å²) in [4.78, 5) is 0.222. The molecule has 108 valence electrons. The Bertz CT molecular complexity index is 550. The van der Waals surface area contributed by atoms with Gasteiger partial charge in [0.25, 0.3) is 0 Å². The van der Waals surface area contributed by atoms with Crippen LogP contribution in [0.2, 0.25) is 5.02 Å². The fraction of sp³-hybridized carbons (Fsp3) is 0.538. The van der Waals surface area contributed by atoms with Crippen molar-refractivity contribution < 1.29 is 8.42 Å². The molecule has 6 heteroatoms. The number of nitrogens with zero attached hydrogens (tertiary/aromatic N) is 1. The minimum absolute atomic E-state index is 0.108. The number of halogens is 2. The Morgan fingerprint density at radius 2 is 1.84 bits per heavy atom. The van der Waals surface area contributed by atoms with Gasteiger partial charge in [-0.1, -0.05) is 32.4 Å². The molecule has 0 amide bonds. The smallest absolute Gasteiger partial charge is 0.207 e. The molecule has 0 aromatic heterocycles. The first-order chi connectivity index (χ1) is 8.58. The number of hydrogen-bond donors (Lipinski definition) is 0. The quantitative estimate of drug-likeness (QED) is 0.791. The lowest BCUT2D eigenvalue weighted by Gasteiger charge is -2.26. The molecule has 0 heterocycles. The van der Waals surface area contributed by atoms with E-state index in [-0.39, 0.29) is 16.2 Å². The van der Waals surface area contributed by atoms with E-state index in [0.29, 0.717) is 17.1 Å². The molecular formula is C13H19Cl2NO2S. The van der Waals surface area contributed by atoms with E-state index in [4.69, 9.17) is 23.2 Å². The number of alkyl halides is 1. The molecular weight excluding hydrogens is 305 g/mol. The van der Waals surface area contributed by atoms with Crippen molar-refractivity contribution in [2.75, 3.05) is 13.6 Å². The van der Waals surface area contributed by atoms with Gasteiger partial charge in [-0.05, 0) is 29.2 Å². The number of sulfonamides is 1. The van der Waals surface area contributed by atoms with Gasteiger partial charge in [-0.25, -0.2) is 12.7 Å². The first-order valence-electron chi connectivity index (χ1n) is 5.88. The number of benzene rings is 1. The van der Waals surface area contributed by atoms with Crippen LogP contribution in [0.4, 0.5) is 0 Å². The highest BCUT2D eigenvalue weighted by Crippen LogP contribution is 2.25. The van der Waals surface area contributed by atoms with Crippen LogP contribution in [-0.2, 0) is 15.9 Å². The van der Waals surface area contributed by atoms with Gasteiger partial charge in [-0.15, -0.1) is 11.6 Å². The monoisotopic (exact) mass is 323 g/mol. The lowest BCUT2D eigenvalue weighted by molar-refractivity contribution is 0.311. The molecule has 0 aliphatic rings. The van der Waals surface area contributed by atoms with E-state index in [2.05, 4.69) is 0 Å². The van der Waals surface area contributed by atoms with E-state index >= 15 is 0 Å². The van der Waals surface area contributed by atoms with Gasteiger partial charge in [0.05, 0.1) is 4.90 Å². The molecule has 0 aliphatic heterocycles. The highest BCUT2D eigenvalue weighted by atomic mass is 35.5. The van der Waals surface area contributed by atoms with Crippen molar-refractivity contribution in [3.63, 3.8) is 0 Å². The van der Waals surface area contributed by atoms with Gasteiger partial charge in [-0.3, -0.25) is 0 Å². The molecule has 19 heavy (non-hydrogen) atoms. The summed E-state index contributed by atoms with van der Waals surface area (Å²) in [5.74, 6) is 0.186. The van der Waals surface area contributed by atoms with Crippen LogP contribution in [0.25, 0.3) is 0 Å². The predicted octanol–water partition coefficient (Wildman–Crippen LogP) is 3.75. The summed E-state index contributed by atoms with van der Waals surface area (Å²) in [7, 11) is -1.93. The molecule has 0 radical (unpaired) electrons. The van der Waals surface area contributed by atoms with E-state index < -0.39 is 10.0 Å². The van der Waals surface area contributed by atoms with Crippen molar-refractivity contribution >= 4 is 33.2 Å². The minimum atomic E-state index is -3.51. The zero-order chi connectivity index (χ0) is 14.8. The van der Waals surface area contributed by atoms with E-state index in [1.165, 1.54) is 16.4 Å². The van der Waals surface area contributed by atoms with Gasteiger partial charge in [0, 0.05) is 24.5 Å². The minimum Gasteiger partial charge on any atom is -0.207 e. The molecule has 0 bridgehead atoms. The predicted molar refractivity (Wildman–Crippen MR) is 80.3 cm³/mol. The Morgan fingerprint density at radius 3 is 2.32 bits per heavy atom. The maximum Gasteiger partial charge on any atom is 0.242 e. The Kier molecular flexibility index (Phi) is 5.29. The first kappa shape index (κ1) is 16.8. The van der Waals surface area contributed by atoms with Crippen LogP contribution in [0, 0.1) is 5.41 Å². The van der Waals surface area contributed by atoms with Gasteiger partial charge in [0.15, 0.2) is 0 Å². The molecule has 0 saturated heterocycles. The molecule has 0 aliphatic carbocycles. The Hall–Kier alpha value is -0.290. The second kappa shape index (κ2) is 6.00. The summed E-state index contributed by atoms with van der Waals surface area (Å²) < 4.78 is 26.2. The van der Waals surface area contributed by atoms with E-state index in [1.807, 2.05) is 20.8 Å². The van der Waals surface area contributed by atoms with Gasteiger partial charge in [-0.2, -0.15) is 0 Å². The van der Waals surface area contributed by atoms with Gasteiger partial charge < -0.3 is 0 Å². The lowest BCUT2D eigenvalue weighted by atomic mass is 9.97. The lowest BCUT2D eigenvalue weighted by Crippen LogP contribution is -2.34. The average molecular weight is 324 g/mol. The van der Waals surface area contributed by atoms with Crippen molar-refractivity contribution in [1.29, 1.82) is 0 Å². The summed E-state index contributed by atoms with van der Waals surface area (Å²) >= 11 is 11.7. The summed E-state index contributed by atoms with van der Waals surface area (Å²) in [5, 5.41) is 0.479. The third-order valence-corrected chi connectivity index (χ3v) is 5.02. The van der Waals surface area contributed by atoms with Crippen LogP contribution >= 0.6 is 23.2 Å². The van der Waals surface area contributed by atoms with Gasteiger partial charge in [0.2, 0.25) is 10.0 Å². The Morgan fingerprint density at radius 1 is 1.26 bits per heavy atom. The van der Waals surface area contributed by atoms with Crippen LogP contribution in [0.15, 0.2) is 23.1 Å². The molecule has 1 aromatic carbocycles. The van der Waals surface area contributed by atoms with Gasteiger partial charge in [0.1, 0.15) is 0 Å². The summed E-state index contributed by atoms with van der Waals surface area (Å²) in [6, 6.07) is 4.60. The molecule has 0 N–H and O–H groups in total. The van der Waals surface area contributed by atoms with Crippen molar-refractivity contribution in [2.24, 2.45) is 5.41 Å². The summed E-state index contributed by atoms with van der Waals surface area (Å²) in [5.41, 5.74) is 0.511. The maximum atomic E-state index is 12.4. The molecule has 0 spiro atoms. The average Bonchev–Trinajstić information content (AvgIpc) is 2.27. The van der Waals surface area contributed by atoms with E-state index in [0.717, 1.165) is 0 Å². The summed E-state index contributed by atoms with van der Waals surface area (Å²) in [6.45, 7) is 6.41. The van der Waals surface area contributed by atoms with Crippen LogP contribution in [-0.4, -0.2) is 26.3 Å². The Labute approximate surface area is 125 Å². The zero-order valence-electron chi connectivity index (χ0n) is 11.6. The van der Waals surface area contributed by atoms with Crippen LogP contribution in [0.3, 0.4) is 0 Å². The van der Waals surface area contributed by atoms with Crippen molar-refractivity contribution in [3.8, 4) is 0 Å². The third kappa shape index (κ3) is 4.35. The molecule has 0 atom stereocenters. The standard InChI is InChI=1S/C13H19Cl2NO2S/c1-13(2,3)9-16(4)19(17,18)11-5-6-12(15)10(7-11)8-14/h5-7H,8-9H2,1-4H3. The molecule has 1 aromatic rings. The molecule has 0 fully saturated rings. The fourth-order valence-electron chi connectivity index (χ4n) is 1.75. The normalized spacial score (nSPS) is 13.0. The molecule has 3 nitrogen and oxygen atoms in total. The molecule has 1 rings (SSSR count). The molecule has 0 unspecified atom stereocenters. The van der Waals surface area contributed by atoms with Crippen LogP contribution < -0.4 is 0 Å². The second-order valence-electron chi connectivity index (χ2n) is 5.71. The Balaban J connectivity index is 3.13. The van der Waals surface area contributed by atoms with Crippen molar-refractivity contribution in [1.82, 2.24) is 4.31 Å². The SMILES string of the molecule is CN(CC(C)(C)C)S(=O)(=O)c1ccc(Cl)c(CCl)c1. The van der Waals surface area contributed by atoms with Crippen LogP contribution in [0.1, 0.15) is 26.3 Å². The second-order valence-corrected chi connectivity index (χ2v) is 8.43. The largest absolute Gasteiger partial charge is 0.242 e. The van der Waals surface area contributed by atoms with Gasteiger partial charge >= 0.3 is 0 Å². The van der Waals surface area contributed by atoms with Crippen LogP contribution in [0.5, 0.6) is 0 Å². The molecule has 0 saturated carbocycles. The van der Waals surface area contributed by atoms with Crippen molar-refractivity contribution in [3.05, 3.63) is 28.8 Å². The number of rotatable bonds is 4. The zero-order valence-corrected chi connectivity index (χ0v) is 13.9. The number of hydrogen-bond acceptors (Lipinski definition) is 2. The maximum absolute atomic E-state index is 12.4. The highest BCUT2D eigenvalue weighted by Gasteiger charge is 2.25. The van der Waals surface area contributed by atoms with E-state index in [1.54, 1.807) is 13.1 Å². The third-order valence-electron chi connectivity index (χ3n) is 2.57. The summed E-state index contributed by atoms with van der Waals surface area (Å²) in [6.07, 6.45) is 0. The van der Waals surface area contributed by atoms with Crippen molar-refractivity contribution in [2.45, 2.75) is 31.5 Å².